The second-order valence-corrected chi connectivity index (χ2v) is 7.80. The molecule has 0 saturated heterocycles. The summed E-state index contributed by atoms with van der Waals surface area (Å²) in [6.45, 7) is 0.478. The number of benzene rings is 2. The molecular weight excluding hydrogens is 366 g/mol. The normalized spacial score (nSPS) is 14.7. The third kappa shape index (κ3) is 3.90. The van der Waals surface area contributed by atoms with E-state index in [0.717, 1.165) is 17.7 Å². The zero-order valence-corrected chi connectivity index (χ0v) is 15.1. The predicted molar refractivity (Wildman–Crippen MR) is 93.8 cm³/mol. The zero-order valence-electron chi connectivity index (χ0n) is 13.5. The Balaban J connectivity index is 1.70. The Morgan fingerprint density at radius 1 is 1.32 bits per heavy atom. The van der Waals surface area contributed by atoms with Crippen molar-refractivity contribution in [2.45, 2.75) is 17.4 Å². The Bertz CT molecular complexity index is 885. The van der Waals surface area contributed by atoms with Crippen LogP contribution in [0.1, 0.15) is 17.2 Å². The van der Waals surface area contributed by atoms with Gasteiger partial charge < -0.3 is 14.6 Å². The van der Waals surface area contributed by atoms with Gasteiger partial charge in [-0.2, -0.15) is 0 Å². The first-order valence-corrected chi connectivity index (χ1v) is 9.54. The molecule has 1 aliphatic heterocycles. The Hall–Kier alpha value is -1.80. The number of fused-ring (bicyclic) bond motifs is 1. The molecule has 0 amide bonds. The van der Waals surface area contributed by atoms with Crippen molar-refractivity contribution in [3.63, 3.8) is 0 Å². The summed E-state index contributed by atoms with van der Waals surface area (Å²) in [7, 11) is -2.35. The topological polar surface area (TPSA) is 84.9 Å². The molecule has 0 aliphatic carbocycles. The maximum absolute atomic E-state index is 12.4. The van der Waals surface area contributed by atoms with Gasteiger partial charge in [0.15, 0.2) is 0 Å². The predicted octanol–water partition coefficient (Wildman–Crippen LogP) is 2.30. The smallest absolute Gasteiger partial charge is 0.240 e. The van der Waals surface area contributed by atoms with Crippen molar-refractivity contribution >= 4 is 21.6 Å². The summed E-state index contributed by atoms with van der Waals surface area (Å²) in [4.78, 5) is 0.00727. The van der Waals surface area contributed by atoms with Gasteiger partial charge in [0.05, 0.1) is 29.7 Å². The van der Waals surface area contributed by atoms with Gasteiger partial charge in [-0.05, 0) is 41.5 Å². The summed E-state index contributed by atoms with van der Waals surface area (Å²) >= 11 is 5.97. The van der Waals surface area contributed by atoms with E-state index in [9.17, 15) is 13.5 Å². The molecule has 2 N–H and O–H groups in total. The van der Waals surface area contributed by atoms with E-state index >= 15 is 0 Å². The molecule has 134 valence electrons. The molecule has 0 unspecified atom stereocenters. The lowest BCUT2D eigenvalue weighted by Crippen LogP contribution is -2.28. The van der Waals surface area contributed by atoms with E-state index in [-0.39, 0.29) is 16.5 Å². The van der Waals surface area contributed by atoms with Crippen LogP contribution in [-0.2, 0) is 16.4 Å². The zero-order chi connectivity index (χ0) is 18.0. The van der Waals surface area contributed by atoms with Gasteiger partial charge in [0, 0.05) is 13.0 Å². The Labute approximate surface area is 151 Å². The number of ether oxygens (including phenoxy) is 2. The van der Waals surface area contributed by atoms with Crippen LogP contribution in [0.15, 0.2) is 41.3 Å². The van der Waals surface area contributed by atoms with Gasteiger partial charge in [0.2, 0.25) is 10.0 Å². The highest BCUT2D eigenvalue weighted by Crippen LogP contribution is 2.29. The Morgan fingerprint density at radius 3 is 2.84 bits per heavy atom. The monoisotopic (exact) mass is 383 g/mol. The maximum Gasteiger partial charge on any atom is 0.240 e. The highest BCUT2D eigenvalue weighted by Gasteiger charge is 2.20. The van der Waals surface area contributed by atoms with Gasteiger partial charge in [-0.3, -0.25) is 0 Å². The average Bonchev–Trinajstić information content (AvgIpc) is 3.07. The molecule has 0 fully saturated rings. The maximum atomic E-state index is 12.4. The van der Waals surface area contributed by atoms with Crippen molar-refractivity contribution in [1.82, 2.24) is 4.72 Å². The number of hydrogen-bond acceptors (Lipinski definition) is 5. The molecule has 3 rings (SSSR count). The molecule has 1 heterocycles. The van der Waals surface area contributed by atoms with Crippen LogP contribution in [-0.4, -0.2) is 33.8 Å². The lowest BCUT2D eigenvalue weighted by atomic mass is 10.0. The van der Waals surface area contributed by atoms with E-state index in [1.54, 1.807) is 12.1 Å². The largest absolute Gasteiger partial charge is 0.495 e. The van der Waals surface area contributed by atoms with E-state index in [2.05, 4.69) is 4.72 Å². The van der Waals surface area contributed by atoms with Gasteiger partial charge in [-0.1, -0.05) is 17.7 Å². The molecule has 25 heavy (non-hydrogen) atoms. The summed E-state index contributed by atoms with van der Waals surface area (Å²) in [6, 6.07) is 9.54. The van der Waals surface area contributed by atoms with Gasteiger partial charge in [-0.25, -0.2) is 13.1 Å². The average molecular weight is 384 g/mol. The molecule has 2 aromatic carbocycles. The summed E-state index contributed by atoms with van der Waals surface area (Å²) < 4.78 is 37.6. The van der Waals surface area contributed by atoms with Crippen LogP contribution in [0.5, 0.6) is 11.5 Å². The third-order valence-electron chi connectivity index (χ3n) is 4.00. The number of nitrogens with one attached hydrogen (secondary N) is 1. The van der Waals surface area contributed by atoms with Crippen LogP contribution in [0, 0.1) is 0 Å². The molecule has 0 saturated carbocycles. The quantitative estimate of drug-likeness (QED) is 0.799. The number of aliphatic hydroxyl groups excluding tert-OH is 1. The number of rotatable bonds is 6. The fourth-order valence-electron chi connectivity index (χ4n) is 2.62. The van der Waals surface area contributed by atoms with E-state index in [0.29, 0.717) is 17.9 Å². The van der Waals surface area contributed by atoms with Crippen molar-refractivity contribution in [2.24, 2.45) is 0 Å². The lowest BCUT2D eigenvalue weighted by Gasteiger charge is -2.14. The Morgan fingerprint density at radius 2 is 2.12 bits per heavy atom. The molecule has 1 atom stereocenters. The number of sulfonamides is 1. The highest BCUT2D eigenvalue weighted by molar-refractivity contribution is 7.89. The molecule has 2 aromatic rings. The van der Waals surface area contributed by atoms with Crippen LogP contribution in [0.25, 0.3) is 0 Å². The first-order valence-electron chi connectivity index (χ1n) is 7.67. The minimum atomic E-state index is -3.80. The molecule has 1 aliphatic rings. The van der Waals surface area contributed by atoms with E-state index in [1.165, 1.54) is 25.3 Å². The number of aliphatic hydroxyl groups is 1. The van der Waals surface area contributed by atoms with Crippen molar-refractivity contribution in [2.75, 3.05) is 20.3 Å². The minimum Gasteiger partial charge on any atom is -0.495 e. The van der Waals surface area contributed by atoms with E-state index < -0.39 is 16.1 Å². The molecule has 0 radical (unpaired) electrons. The number of hydrogen-bond donors (Lipinski definition) is 2. The molecule has 8 heteroatoms. The van der Waals surface area contributed by atoms with Gasteiger partial charge in [0.1, 0.15) is 11.5 Å². The number of halogens is 1. The van der Waals surface area contributed by atoms with E-state index in [4.69, 9.17) is 21.1 Å². The highest BCUT2D eigenvalue weighted by atomic mass is 35.5. The summed E-state index contributed by atoms with van der Waals surface area (Å²) in [5, 5.41) is 10.5. The fraction of sp³-hybridized carbons (Fsp3) is 0.294. The van der Waals surface area contributed by atoms with Gasteiger partial charge >= 0.3 is 0 Å². The van der Waals surface area contributed by atoms with Crippen LogP contribution in [0.4, 0.5) is 0 Å². The molecule has 0 aromatic heterocycles. The summed E-state index contributed by atoms with van der Waals surface area (Å²) in [5.41, 5.74) is 1.65. The van der Waals surface area contributed by atoms with Crippen LogP contribution < -0.4 is 14.2 Å². The standard InChI is InChI=1S/C17H18ClNO5S/c1-23-17-5-3-13(9-14(17)18)25(21,22)19-10-15(20)11-2-4-16-12(8-11)6-7-24-16/h2-5,8-9,15,19-20H,6-7,10H2,1H3/t15-/m0/s1. The molecule has 0 bridgehead atoms. The SMILES string of the molecule is COc1ccc(S(=O)(=O)NC[C@H](O)c2ccc3c(c2)CCO3)cc1Cl. The molecular formula is C17H18ClNO5S. The fourth-order valence-corrected chi connectivity index (χ4v) is 4.00. The van der Waals surface area contributed by atoms with E-state index in [1.807, 2.05) is 6.07 Å². The van der Waals surface area contributed by atoms with Crippen molar-refractivity contribution in [1.29, 1.82) is 0 Å². The summed E-state index contributed by atoms with van der Waals surface area (Å²) in [5.74, 6) is 1.20. The molecule has 6 nitrogen and oxygen atoms in total. The first kappa shape index (κ1) is 18.0. The van der Waals surface area contributed by atoms with Gasteiger partial charge in [-0.15, -0.1) is 0 Å². The van der Waals surface area contributed by atoms with Crippen LogP contribution in [0.2, 0.25) is 5.02 Å². The Kier molecular flexibility index (Phi) is 5.19. The van der Waals surface area contributed by atoms with Crippen LogP contribution >= 0.6 is 11.6 Å². The second kappa shape index (κ2) is 7.21. The number of methoxy groups -OCH3 is 1. The van der Waals surface area contributed by atoms with Crippen molar-refractivity contribution < 1.29 is 23.0 Å². The van der Waals surface area contributed by atoms with Crippen molar-refractivity contribution in [3.8, 4) is 11.5 Å². The second-order valence-electron chi connectivity index (χ2n) is 5.63. The molecule has 0 spiro atoms. The first-order chi connectivity index (χ1) is 11.9. The van der Waals surface area contributed by atoms with Crippen molar-refractivity contribution in [3.05, 3.63) is 52.5 Å². The van der Waals surface area contributed by atoms with Crippen LogP contribution in [0.3, 0.4) is 0 Å². The summed E-state index contributed by atoms with van der Waals surface area (Å²) in [6.07, 6.45) is -0.180. The lowest BCUT2D eigenvalue weighted by molar-refractivity contribution is 0.182. The minimum absolute atomic E-state index is 0.00727. The van der Waals surface area contributed by atoms with Gasteiger partial charge in [0.25, 0.3) is 0 Å². The third-order valence-corrected chi connectivity index (χ3v) is 5.72.